The van der Waals surface area contributed by atoms with E-state index in [1.807, 2.05) is 19.1 Å². The lowest BCUT2D eigenvalue weighted by Gasteiger charge is -2.13. The topological polar surface area (TPSA) is 98.7 Å². The summed E-state index contributed by atoms with van der Waals surface area (Å²) in [4.78, 5) is 17.1. The molecule has 0 radical (unpaired) electrons. The minimum absolute atomic E-state index is 0.720. The maximum Gasteiger partial charge on any atom is 0.123 e. The van der Waals surface area contributed by atoms with Crippen molar-refractivity contribution in [2.75, 3.05) is 12.2 Å². The third-order valence-corrected chi connectivity index (χ3v) is 1.69. The average Bonchev–Trinajstić information content (AvgIpc) is 2.31. The van der Waals surface area contributed by atoms with E-state index in [1.54, 1.807) is 13.2 Å². The number of nitrogens with zero attached hydrogens (tertiary/aromatic N) is 1. The second kappa shape index (κ2) is 11.1. The lowest BCUT2D eigenvalue weighted by Crippen LogP contribution is -2.37. The summed E-state index contributed by atoms with van der Waals surface area (Å²) >= 11 is 0. The fourth-order valence-electron chi connectivity index (χ4n) is 0.969. The van der Waals surface area contributed by atoms with Crippen LogP contribution in [-0.4, -0.2) is 19.0 Å². The van der Waals surface area contributed by atoms with E-state index in [9.17, 15) is 0 Å². The van der Waals surface area contributed by atoms with Crippen LogP contribution in [0, 0.1) is 6.92 Å². The molecule has 0 aliphatic carbocycles. The van der Waals surface area contributed by atoms with Gasteiger partial charge < -0.3 is 4.74 Å². The van der Waals surface area contributed by atoms with Gasteiger partial charge in [-0.15, -0.1) is 0 Å². The highest BCUT2D eigenvalue weighted by Gasteiger charge is 2.01. The Morgan fingerprint density at radius 3 is 2.00 bits per heavy atom. The third-order valence-electron chi connectivity index (χ3n) is 1.69. The summed E-state index contributed by atoms with van der Waals surface area (Å²) in [6.45, 7) is 7.32. The maximum absolute atomic E-state index is 8.57. The van der Waals surface area contributed by atoms with Gasteiger partial charge in [0.05, 0.1) is 12.8 Å². The minimum atomic E-state index is 0.720. The molecule has 1 rings (SSSR count). The molecule has 0 spiro atoms. The molecule has 0 bridgehead atoms. The van der Waals surface area contributed by atoms with E-state index < -0.39 is 0 Å². The van der Waals surface area contributed by atoms with Crippen LogP contribution in [0.3, 0.4) is 0 Å². The first-order valence-electron chi connectivity index (χ1n) is 4.71. The SMILES string of the molecule is C=C=O.C=C=O.COc1cc(N(N)N)ccc1C. The van der Waals surface area contributed by atoms with Crippen LogP contribution in [0.2, 0.25) is 0 Å². The number of aryl methyl sites for hydroxylation is 1. The molecule has 18 heavy (non-hydrogen) atoms. The zero-order chi connectivity index (χ0) is 14.6. The van der Waals surface area contributed by atoms with Crippen LogP contribution in [0.5, 0.6) is 5.75 Å². The van der Waals surface area contributed by atoms with E-state index in [1.165, 1.54) is 11.9 Å². The Hall–Kier alpha value is -2.36. The number of hydrogen-bond donors (Lipinski definition) is 2. The number of hydrazine groups is 2. The van der Waals surface area contributed by atoms with E-state index >= 15 is 0 Å². The second-order valence-electron chi connectivity index (χ2n) is 2.85. The zero-order valence-electron chi connectivity index (χ0n) is 10.5. The van der Waals surface area contributed by atoms with Crippen molar-refractivity contribution >= 4 is 17.6 Å². The lowest BCUT2D eigenvalue weighted by atomic mass is 10.2. The molecule has 0 fully saturated rings. The van der Waals surface area contributed by atoms with E-state index in [0.29, 0.717) is 0 Å². The molecule has 98 valence electrons. The highest BCUT2D eigenvalue weighted by Crippen LogP contribution is 2.22. The van der Waals surface area contributed by atoms with Gasteiger partial charge in [0.1, 0.15) is 17.6 Å². The molecule has 4 N–H and O–H groups in total. The number of ether oxygens (including phenoxy) is 1. The quantitative estimate of drug-likeness (QED) is 0.453. The van der Waals surface area contributed by atoms with Crippen LogP contribution in [0.15, 0.2) is 31.4 Å². The van der Waals surface area contributed by atoms with Gasteiger partial charge >= 0.3 is 0 Å². The molecule has 0 aliphatic heterocycles. The maximum atomic E-state index is 8.57. The molecule has 0 aromatic heterocycles. The first-order chi connectivity index (χ1) is 8.48. The Morgan fingerprint density at radius 1 is 1.22 bits per heavy atom. The fraction of sp³-hybridized carbons (Fsp3) is 0.167. The smallest absolute Gasteiger partial charge is 0.123 e. The predicted molar refractivity (Wildman–Crippen MR) is 71.2 cm³/mol. The van der Waals surface area contributed by atoms with Crippen molar-refractivity contribution in [2.24, 2.45) is 11.7 Å². The summed E-state index contributed by atoms with van der Waals surface area (Å²) in [6, 6.07) is 5.52. The van der Waals surface area contributed by atoms with Crippen LogP contribution < -0.4 is 21.5 Å². The van der Waals surface area contributed by atoms with Gasteiger partial charge in [-0.25, -0.2) is 26.4 Å². The van der Waals surface area contributed by atoms with Gasteiger partial charge in [0, 0.05) is 6.07 Å². The Bertz CT molecular complexity index is 407. The summed E-state index contributed by atoms with van der Waals surface area (Å²) in [7, 11) is 1.61. The van der Waals surface area contributed by atoms with Crippen molar-refractivity contribution < 1.29 is 14.3 Å². The Morgan fingerprint density at radius 2 is 1.67 bits per heavy atom. The predicted octanol–water partition coefficient (Wildman–Crippen LogP) is 0.565. The van der Waals surface area contributed by atoms with Crippen LogP contribution in [0.4, 0.5) is 5.69 Å². The Labute approximate surface area is 106 Å². The summed E-state index contributed by atoms with van der Waals surface area (Å²) in [5.74, 6) is 14.0. The number of methoxy groups -OCH3 is 1. The van der Waals surface area contributed by atoms with Crippen molar-refractivity contribution in [3.05, 3.63) is 36.9 Å². The van der Waals surface area contributed by atoms with Crippen LogP contribution in [0.1, 0.15) is 5.56 Å². The molecule has 0 atom stereocenters. The van der Waals surface area contributed by atoms with Crippen LogP contribution >= 0.6 is 0 Å². The average molecular weight is 251 g/mol. The molecular weight excluding hydrogens is 234 g/mol. The fourth-order valence-corrected chi connectivity index (χ4v) is 0.969. The molecule has 6 heteroatoms. The van der Waals surface area contributed by atoms with Crippen molar-refractivity contribution in [3.63, 3.8) is 0 Å². The monoisotopic (exact) mass is 251 g/mol. The van der Waals surface area contributed by atoms with Crippen molar-refractivity contribution in [1.82, 2.24) is 0 Å². The number of hydrogen-bond acceptors (Lipinski definition) is 6. The number of benzene rings is 1. The number of rotatable bonds is 2. The van der Waals surface area contributed by atoms with E-state index in [2.05, 4.69) is 13.2 Å². The van der Waals surface area contributed by atoms with Crippen LogP contribution in [0.25, 0.3) is 0 Å². The highest BCUT2D eigenvalue weighted by molar-refractivity contribution is 5.51. The molecule has 0 saturated heterocycles. The van der Waals surface area contributed by atoms with Gasteiger partial charge in [-0.3, -0.25) is 0 Å². The summed E-state index contributed by atoms with van der Waals surface area (Å²) in [5, 5.41) is 1.06. The molecule has 6 nitrogen and oxygen atoms in total. The minimum Gasteiger partial charge on any atom is -0.496 e. The van der Waals surface area contributed by atoms with Gasteiger partial charge in [0.15, 0.2) is 0 Å². The summed E-state index contributed by atoms with van der Waals surface area (Å²) in [6.07, 6.45) is 0. The summed E-state index contributed by atoms with van der Waals surface area (Å²) < 4.78 is 5.10. The van der Waals surface area contributed by atoms with Gasteiger partial charge in [0.25, 0.3) is 0 Å². The third kappa shape index (κ3) is 7.87. The molecule has 0 aliphatic rings. The van der Waals surface area contributed by atoms with Crippen molar-refractivity contribution in [3.8, 4) is 5.75 Å². The molecule has 0 amide bonds. The normalized spacial score (nSPS) is 7.33. The summed E-state index contributed by atoms with van der Waals surface area (Å²) in [5.41, 5.74) is 1.78. The van der Waals surface area contributed by atoms with Gasteiger partial charge in [-0.05, 0) is 31.7 Å². The highest BCUT2D eigenvalue weighted by atomic mass is 16.5. The zero-order valence-corrected chi connectivity index (χ0v) is 10.5. The molecule has 1 aromatic carbocycles. The van der Waals surface area contributed by atoms with Gasteiger partial charge in [0.2, 0.25) is 0 Å². The lowest BCUT2D eigenvalue weighted by molar-refractivity contribution is 0.411. The molecule has 0 heterocycles. The Balaban J connectivity index is 0. The van der Waals surface area contributed by atoms with Gasteiger partial charge in [-0.2, -0.15) is 0 Å². The van der Waals surface area contributed by atoms with E-state index in [4.69, 9.17) is 26.0 Å². The standard InChI is InChI=1S/C8H13N3O.2C2H2O/c1-6-3-4-7(11(9)10)5-8(6)12-2;2*1-2-3/h3-5H,9-10H2,1-2H3;2*1H2. The number of anilines is 1. The molecule has 1 aromatic rings. The number of nitrogens with two attached hydrogens (primary N) is 2. The van der Waals surface area contributed by atoms with E-state index in [0.717, 1.165) is 22.1 Å². The van der Waals surface area contributed by atoms with E-state index in [-0.39, 0.29) is 0 Å². The molecule has 0 saturated carbocycles. The first-order valence-corrected chi connectivity index (χ1v) is 4.71. The largest absolute Gasteiger partial charge is 0.496 e. The molecule has 0 unspecified atom stereocenters. The first kappa shape index (κ1) is 18.0. The Kier molecular flexibility index (Phi) is 11.1. The van der Waals surface area contributed by atoms with Crippen molar-refractivity contribution in [1.29, 1.82) is 0 Å². The van der Waals surface area contributed by atoms with Crippen LogP contribution in [-0.2, 0) is 9.59 Å². The number of carbonyl (C=O) groups excluding carboxylic acids is 2. The molecular formula is C12H17N3O3. The van der Waals surface area contributed by atoms with Gasteiger partial charge in [-0.1, -0.05) is 6.07 Å². The second-order valence-corrected chi connectivity index (χ2v) is 2.85. The van der Waals surface area contributed by atoms with Crippen molar-refractivity contribution in [2.45, 2.75) is 6.92 Å².